The number of hydrogen-bond donors (Lipinski definition) is 0. The van der Waals surface area contributed by atoms with Crippen LogP contribution < -0.4 is 14.9 Å². The van der Waals surface area contributed by atoms with E-state index in [1.54, 1.807) is 6.07 Å². The van der Waals surface area contributed by atoms with Crippen LogP contribution in [0.3, 0.4) is 0 Å². The van der Waals surface area contributed by atoms with E-state index in [0.717, 1.165) is 6.42 Å². The quantitative estimate of drug-likeness (QED) is 0.560. The van der Waals surface area contributed by atoms with Crippen LogP contribution >= 0.6 is 0 Å². The Kier molecular flexibility index (Phi) is 3.62. The fraction of sp³-hybridized carbons (Fsp3) is 0.450. The van der Waals surface area contributed by atoms with Crippen LogP contribution in [0.2, 0.25) is 0 Å². The van der Waals surface area contributed by atoms with Gasteiger partial charge in [-0.05, 0) is 36.0 Å². The molecule has 2 amide bonds. The molecule has 0 N–H and O–H groups in total. The number of benzene rings is 1. The highest BCUT2D eigenvalue weighted by Crippen LogP contribution is 2.54. The molecule has 1 saturated carbocycles. The molecular weight excluding hydrogens is 348 g/mol. The number of ether oxygens (including phenoxy) is 1. The lowest BCUT2D eigenvalue weighted by Crippen LogP contribution is -2.39. The first-order valence-electron chi connectivity index (χ1n) is 9.30. The lowest BCUT2D eigenvalue weighted by Gasteiger charge is -2.32. The SMILES string of the molecule is O=C([O-])c1ccc(N2CCOCC2)c(N2C(=O)[C@@H]3[C@H](C2=O)[C@@H]2C=C[C@H]3C2)c1. The Morgan fingerprint density at radius 2 is 1.63 bits per heavy atom. The van der Waals surface area contributed by atoms with Crippen LogP contribution in [-0.2, 0) is 14.3 Å². The Labute approximate surface area is 156 Å². The van der Waals surface area contributed by atoms with Gasteiger partial charge in [0.05, 0.1) is 42.4 Å². The number of carboxylic acids is 1. The van der Waals surface area contributed by atoms with Gasteiger partial charge in [0.2, 0.25) is 11.8 Å². The molecule has 27 heavy (non-hydrogen) atoms. The number of imide groups is 1. The van der Waals surface area contributed by atoms with E-state index in [2.05, 4.69) is 0 Å². The molecule has 2 aliphatic heterocycles. The van der Waals surface area contributed by atoms with Crippen LogP contribution in [0.1, 0.15) is 16.8 Å². The van der Waals surface area contributed by atoms with Crippen LogP contribution in [0, 0.1) is 23.7 Å². The summed E-state index contributed by atoms with van der Waals surface area (Å²) in [6.07, 6.45) is 4.94. The largest absolute Gasteiger partial charge is 0.545 e. The molecule has 2 saturated heterocycles. The van der Waals surface area contributed by atoms with E-state index in [4.69, 9.17) is 4.74 Å². The molecule has 1 aromatic carbocycles. The van der Waals surface area contributed by atoms with Gasteiger partial charge in [0.1, 0.15) is 0 Å². The average molecular weight is 367 g/mol. The molecule has 0 radical (unpaired) electrons. The Bertz CT molecular complexity index is 843. The normalized spacial score (nSPS) is 31.7. The molecule has 5 rings (SSSR count). The molecule has 3 fully saturated rings. The predicted molar refractivity (Wildman–Crippen MR) is 94.0 cm³/mol. The van der Waals surface area contributed by atoms with Crippen LogP contribution in [0.25, 0.3) is 0 Å². The zero-order chi connectivity index (χ0) is 18.7. The zero-order valence-electron chi connectivity index (χ0n) is 14.7. The van der Waals surface area contributed by atoms with Crippen molar-refractivity contribution in [2.75, 3.05) is 36.1 Å². The van der Waals surface area contributed by atoms with Gasteiger partial charge in [-0.1, -0.05) is 18.2 Å². The maximum atomic E-state index is 13.2. The monoisotopic (exact) mass is 367 g/mol. The summed E-state index contributed by atoms with van der Waals surface area (Å²) >= 11 is 0. The summed E-state index contributed by atoms with van der Waals surface area (Å²) in [5.74, 6) is -2.19. The van der Waals surface area contributed by atoms with Crippen molar-refractivity contribution in [2.45, 2.75) is 6.42 Å². The summed E-state index contributed by atoms with van der Waals surface area (Å²) in [5.41, 5.74) is 0.994. The van der Waals surface area contributed by atoms with Crippen molar-refractivity contribution in [1.29, 1.82) is 0 Å². The number of amides is 2. The number of hydrogen-bond acceptors (Lipinski definition) is 6. The number of carboxylic acid groups (broad SMARTS) is 1. The minimum absolute atomic E-state index is 0.0410. The molecule has 2 aliphatic carbocycles. The highest BCUT2D eigenvalue weighted by molar-refractivity contribution is 6.24. The summed E-state index contributed by atoms with van der Waals surface area (Å²) in [4.78, 5) is 41.0. The first kappa shape index (κ1) is 16.5. The minimum Gasteiger partial charge on any atom is -0.545 e. The second-order valence-corrected chi connectivity index (χ2v) is 7.60. The third kappa shape index (κ3) is 2.34. The molecular formula is C20H19N2O5-. The van der Waals surface area contributed by atoms with Gasteiger partial charge >= 0.3 is 0 Å². The fourth-order valence-electron chi connectivity index (χ4n) is 5.04. The highest BCUT2D eigenvalue weighted by atomic mass is 16.5. The zero-order valence-corrected chi connectivity index (χ0v) is 14.7. The lowest BCUT2D eigenvalue weighted by atomic mass is 9.85. The molecule has 7 nitrogen and oxygen atoms in total. The number of nitrogens with zero attached hydrogens (tertiary/aromatic N) is 2. The van der Waals surface area contributed by atoms with Crippen molar-refractivity contribution in [3.8, 4) is 0 Å². The molecule has 7 heteroatoms. The van der Waals surface area contributed by atoms with E-state index in [1.807, 2.05) is 17.1 Å². The molecule has 2 bridgehead atoms. The van der Waals surface area contributed by atoms with Crippen molar-refractivity contribution in [3.63, 3.8) is 0 Å². The van der Waals surface area contributed by atoms with Gasteiger partial charge in [-0.2, -0.15) is 0 Å². The van der Waals surface area contributed by atoms with Gasteiger partial charge in [0.25, 0.3) is 0 Å². The third-order valence-corrected chi connectivity index (χ3v) is 6.27. The smallest absolute Gasteiger partial charge is 0.238 e. The fourth-order valence-corrected chi connectivity index (χ4v) is 5.04. The van der Waals surface area contributed by atoms with Gasteiger partial charge in [0.15, 0.2) is 0 Å². The van der Waals surface area contributed by atoms with E-state index in [1.165, 1.54) is 17.0 Å². The van der Waals surface area contributed by atoms with Crippen molar-refractivity contribution >= 4 is 29.2 Å². The van der Waals surface area contributed by atoms with E-state index in [9.17, 15) is 19.5 Å². The molecule has 140 valence electrons. The number of morpholine rings is 1. The van der Waals surface area contributed by atoms with Crippen LogP contribution in [0.5, 0.6) is 0 Å². The second-order valence-electron chi connectivity index (χ2n) is 7.60. The molecule has 4 atom stereocenters. The molecule has 4 aliphatic rings. The van der Waals surface area contributed by atoms with Crippen LogP contribution in [0.4, 0.5) is 11.4 Å². The molecule has 2 heterocycles. The summed E-state index contributed by atoms with van der Waals surface area (Å²) < 4.78 is 5.39. The number of carbonyl (C=O) groups is 3. The number of carbonyl (C=O) groups excluding carboxylic acids is 3. The maximum absolute atomic E-state index is 13.2. The van der Waals surface area contributed by atoms with Gasteiger partial charge < -0.3 is 19.5 Å². The first-order chi connectivity index (χ1) is 13.1. The average Bonchev–Trinajstić information content (AvgIpc) is 3.36. The number of aromatic carboxylic acids is 1. The summed E-state index contributed by atoms with van der Waals surface area (Å²) in [6.45, 7) is 2.33. The first-order valence-corrected chi connectivity index (χ1v) is 9.30. The van der Waals surface area contributed by atoms with Crippen LogP contribution in [-0.4, -0.2) is 44.1 Å². The van der Waals surface area contributed by atoms with Crippen molar-refractivity contribution in [1.82, 2.24) is 0 Å². The maximum Gasteiger partial charge on any atom is 0.238 e. The standard InChI is InChI=1S/C20H20N2O5/c23-18-16-11-1-2-12(9-11)17(16)19(24)22(18)15-10-13(20(25)26)3-4-14(15)21-5-7-27-8-6-21/h1-4,10-12,16-17H,5-9H2,(H,25,26)/p-1/t11-,12+,16-,17+. The van der Waals surface area contributed by atoms with E-state index < -0.39 is 5.97 Å². The predicted octanol–water partition coefficient (Wildman–Crippen LogP) is 0.198. The molecule has 0 unspecified atom stereocenters. The van der Waals surface area contributed by atoms with Crippen molar-refractivity contribution in [3.05, 3.63) is 35.9 Å². The van der Waals surface area contributed by atoms with Crippen LogP contribution in [0.15, 0.2) is 30.4 Å². The van der Waals surface area contributed by atoms with E-state index >= 15 is 0 Å². The molecule has 1 aromatic rings. The van der Waals surface area contributed by atoms with Gasteiger partial charge in [-0.15, -0.1) is 0 Å². The number of fused-ring (bicyclic) bond motifs is 5. The summed E-state index contributed by atoms with van der Waals surface area (Å²) in [7, 11) is 0. The Hall–Kier alpha value is -2.67. The Balaban J connectivity index is 1.59. The van der Waals surface area contributed by atoms with Gasteiger partial charge in [0, 0.05) is 13.1 Å². The van der Waals surface area contributed by atoms with Crippen molar-refractivity contribution < 1.29 is 24.2 Å². The highest BCUT2D eigenvalue weighted by Gasteiger charge is 2.59. The minimum atomic E-state index is -1.33. The van der Waals surface area contributed by atoms with Crippen molar-refractivity contribution in [2.24, 2.45) is 23.7 Å². The Morgan fingerprint density at radius 1 is 1.00 bits per heavy atom. The number of allylic oxidation sites excluding steroid dienone is 2. The number of rotatable bonds is 3. The van der Waals surface area contributed by atoms with Gasteiger partial charge in [-0.25, -0.2) is 4.90 Å². The van der Waals surface area contributed by atoms with E-state index in [-0.39, 0.29) is 41.0 Å². The topological polar surface area (TPSA) is 90.0 Å². The lowest BCUT2D eigenvalue weighted by molar-refractivity contribution is -0.255. The third-order valence-electron chi connectivity index (χ3n) is 6.27. The second kappa shape index (κ2) is 5.92. The molecule has 0 aromatic heterocycles. The summed E-state index contributed by atoms with van der Waals surface area (Å²) in [6, 6.07) is 4.51. The van der Waals surface area contributed by atoms with Gasteiger partial charge in [-0.3, -0.25) is 9.59 Å². The Morgan fingerprint density at radius 3 is 2.22 bits per heavy atom. The number of anilines is 2. The summed E-state index contributed by atoms with van der Waals surface area (Å²) in [5, 5.41) is 11.4. The molecule has 0 spiro atoms. The van der Waals surface area contributed by atoms with E-state index in [0.29, 0.717) is 37.7 Å².